The molecule has 0 aliphatic carbocycles. The van der Waals surface area contributed by atoms with Gasteiger partial charge < -0.3 is 15.0 Å². The van der Waals surface area contributed by atoms with Crippen LogP contribution in [0.15, 0.2) is 77.7 Å². The number of rotatable bonds is 11. The lowest BCUT2D eigenvalue weighted by atomic mass is 10.1. The highest BCUT2D eigenvalue weighted by Crippen LogP contribution is 2.33. The molecule has 0 saturated carbocycles. The maximum Gasteiger partial charge on any atom is 0.264 e. The molecule has 0 aliphatic heterocycles. The topological polar surface area (TPSA) is 96.0 Å². The molecule has 0 spiro atoms. The molecule has 8 nitrogen and oxygen atoms in total. The molecule has 3 aromatic rings. The first-order valence-corrected chi connectivity index (χ1v) is 14.0. The normalized spacial score (nSPS) is 11.9. The number of likely N-dealkylation sites (N-methyl/N-ethyl adjacent to an activating group) is 1. The maximum absolute atomic E-state index is 13.9. The Labute approximate surface area is 233 Å². The van der Waals surface area contributed by atoms with Crippen LogP contribution in [-0.4, -0.2) is 51.9 Å². The first kappa shape index (κ1) is 29.3. The molecule has 0 aromatic heterocycles. The van der Waals surface area contributed by atoms with Crippen LogP contribution in [0.4, 0.5) is 5.69 Å². The molecule has 0 fully saturated rings. The van der Waals surface area contributed by atoms with Crippen molar-refractivity contribution >= 4 is 50.7 Å². The predicted octanol–water partition coefficient (Wildman–Crippen LogP) is 4.75. The third-order valence-corrected chi connectivity index (χ3v) is 8.23. The first-order chi connectivity index (χ1) is 18.1. The number of anilines is 1. The van der Waals surface area contributed by atoms with Gasteiger partial charge in [-0.3, -0.25) is 13.9 Å². The van der Waals surface area contributed by atoms with Crippen molar-refractivity contribution in [3.05, 3.63) is 88.4 Å². The van der Waals surface area contributed by atoms with E-state index >= 15 is 0 Å². The van der Waals surface area contributed by atoms with Crippen LogP contribution in [-0.2, 0) is 26.2 Å². The third kappa shape index (κ3) is 6.78. The highest BCUT2D eigenvalue weighted by atomic mass is 35.5. The number of nitrogens with zero attached hydrogens (tertiary/aromatic N) is 2. The van der Waals surface area contributed by atoms with Gasteiger partial charge in [-0.15, -0.1) is 0 Å². The zero-order valence-electron chi connectivity index (χ0n) is 21.2. The van der Waals surface area contributed by atoms with Crippen molar-refractivity contribution in [3.8, 4) is 5.75 Å². The highest BCUT2D eigenvalue weighted by molar-refractivity contribution is 7.92. The molecule has 11 heteroatoms. The summed E-state index contributed by atoms with van der Waals surface area (Å²) in [6, 6.07) is 18.3. The number of benzene rings is 3. The summed E-state index contributed by atoms with van der Waals surface area (Å²) in [5, 5.41) is 2.93. The van der Waals surface area contributed by atoms with Crippen molar-refractivity contribution in [3.63, 3.8) is 0 Å². The van der Waals surface area contributed by atoms with Gasteiger partial charge >= 0.3 is 0 Å². The number of halogens is 2. The number of hydrogen-bond donors (Lipinski definition) is 1. The largest absolute Gasteiger partial charge is 0.497 e. The molecule has 1 N–H and O–H groups in total. The van der Waals surface area contributed by atoms with E-state index in [0.29, 0.717) is 17.7 Å². The molecule has 1 atom stereocenters. The van der Waals surface area contributed by atoms with Crippen LogP contribution in [0.3, 0.4) is 0 Å². The van der Waals surface area contributed by atoms with Gasteiger partial charge in [-0.2, -0.15) is 0 Å². The number of carbonyl (C=O) groups excluding carboxylic acids is 2. The van der Waals surface area contributed by atoms with Crippen molar-refractivity contribution in [1.82, 2.24) is 10.2 Å². The zero-order valence-corrected chi connectivity index (χ0v) is 23.6. The van der Waals surface area contributed by atoms with Crippen molar-refractivity contribution in [2.24, 2.45) is 0 Å². The van der Waals surface area contributed by atoms with Crippen LogP contribution in [0.5, 0.6) is 5.75 Å². The molecule has 2 amide bonds. The Morgan fingerprint density at radius 3 is 2.34 bits per heavy atom. The second kappa shape index (κ2) is 13.0. The van der Waals surface area contributed by atoms with Gasteiger partial charge in [0, 0.05) is 18.6 Å². The van der Waals surface area contributed by atoms with E-state index in [0.717, 1.165) is 4.31 Å². The van der Waals surface area contributed by atoms with Gasteiger partial charge in [0.25, 0.3) is 10.0 Å². The van der Waals surface area contributed by atoms with Gasteiger partial charge in [-0.05, 0) is 54.4 Å². The summed E-state index contributed by atoms with van der Waals surface area (Å²) in [5.74, 6) is -0.386. The van der Waals surface area contributed by atoms with Crippen LogP contribution in [0.2, 0.25) is 10.0 Å². The van der Waals surface area contributed by atoms with Crippen molar-refractivity contribution in [2.75, 3.05) is 25.0 Å². The number of methoxy groups -OCH3 is 1. The maximum atomic E-state index is 13.9. The number of ether oxygens (including phenoxy) is 1. The van der Waals surface area contributed by atoms with Crippen LogP contribution in [0, 0.1) is 0 Å². The summed E-state index contributed by atoms with van der Waals surface area (Å²) in [7, 11) is -1.23. The Morgan fingerprint density at radius 1 is 1.00 bits per heavy atom. The van der Waals surface area contributed by atoms with E-state index in [2.05, 4.69) is 5.32 Å². The molecule has 38 heavy (non-hydrogen) atoms. The summed E-state index contributed by atoms with van der Waals surface area (Å²) in [6.07, 6.45) is 0.304. The zero-order chi connectivity index (χ0) is 27.9. The molecule has 0 saturated heterocycles. The third-order valence-electron chi connectivity index (χ3n) is 5.91. The Balaban J connectivity index is 2.09. The first-order valence-electron chi connectivity index (χ1n) is 11.8. The van der Waals surface area contributed by atoms with Crippen LogP contribution < -0.4 is 14.4 Å². The number of carbonyl (C=O) groups is 2. The molecule has 3 aromatic carbocycles. The monoisotopic (exact) mass is 577 g/mol. The summed E-state index contributed by atoms with van der Waals surface area (Å²) in [5.41, 5.74) is 0.754. The average Bonchev–Trinajstić information content (AvgIpc) is 2.93. The quantitative estimate of drug-likeness (QED) is 0.354. The van der Waals surface area contributed by atoms with Gasteiger partial charge in [0.15, 0.2) is 0 Å². The molecule has 3 rings (SSSR count). The van der Waals surface area contributed by atoms with Gasteiger partial charge in [0.1, 0.15) is 18.3 Å². The van der Waals surface area contributed by atoms with Crippen LogP contribution in [0.1, 0.15) is 18.9 Å². The van der Waals surface area contributed by atoms with Crippen molar-refractivity contribution in [2.45, 2.75) is 30.8 Å². The van der Waals surface area contributed by atoms with Crippen molar-refractivity contribution < 1.29 is 22.7 Å². The lowest BCUT2D eigenvalue weighted by Gasteiger charge is -2.33. The second-order valence-corrected chi connectivity index (χ2v) is 11.0. The lowest BCUT2D eigenvalue weighted by Crippen LogP contribution is -2.51. The minimum atomic E-state index is -4.24. The van der Waals surface area contributed by atoms with Gasteiger partial charge in [-0.1, -0.05) is 60.5 Å². The summed E-state index contributed by atoms with van der Waals surface area (Å²) >= 11 is 12.6. The van der Waals surface area contributed by atoms with Crippen LogP contribution >= 0.6 is 23.2 Å². The van der Waals surface area contributed by atoms with Gasteiger partial charge in [0.2, 0.25) is 11.8 Å². The van der Waals surface area contributed by atoms with Crippen LogP contribution in [0.25, 0.3) is 0 Å². The van der Waals surface area contributed by atoms with E-state index in [4.69, 9.17) is 27.9 Å². The molecule has 202 valence electrons. The number of nitrogens with one attached hydrogen (secondary N) is 1. The fraction of sp³-hybridized carbons (Fsp3) is 0.259. The number of hydrogen-bond acceptors (Lipinski definition) is 5. The van der Waals surface area contributed by atoms with Crippen molar-refractivity contribution in [1.29, 1.82) is 0 Å². The smallest absolute Gasteiger partial charge is 0.264 e. The summed E-state index contributed by atoms with van der Waals surface area (Å²) in [6.45, 7) is 1.21. The second-order valence-electron chi connectivity index (χ2n) is 8.33. The summed E-state index contributed by atoms with van der Waals surface area (Å²) in [4.78, 5) is 28.0. The molecule has 0 heterocycles. The van der Waals surface area contributed by atoms with E-state index in [1.54, 1.807) is 49.4 Å². The SMILES string of the molecule is CC[C@@H](C(=O)NC)N(Cc1cccc(OC)c1)C(=O)CN(c1cc(Cl)ccc1Cl)S(=O)(=O)c1ccccc1. The highest BCUT2D eigenvalue weighted by Gasteiger charge is 2.34. The number of amides is 2. The van der Waals surface area contributed by atoms with E-state index in [1.807, 2.05) is 0 Å². The van der Waals surface area contributed by atoms with E-state index in [9.17, 15) is 18.0 Å². The molecule has 0 radical (unpaired) electrons. The molecule has 0 bridgehead atoms. The van der Waals surface area contributed by atoms with E-state index in [-0.39, 0.29) is 33.1 Å². The number of sulfonamides is 1. The Kier molecular flexibility index (Phi) is 10.0. The molecule has 0 aliphatic rings. The molecule has 0 unspecified atom stereocenters. The standard InChI is InChI=1S/C27H29Cl2N3O5S/c1-4-24(27(34)30-2)31(17-19-9-8-10-21(15-19)37-3)26(33)18-32(25-16-20(28)13-14-23(25)29)38(35,36)22-11-6-5-7-12-22/h5-16,24H,4,17-18H2,1-3H3,(H,30,34)/t24-/m0/s1. The van der Waals surface area contributed by atoms with Gasteiger partial charge in [-0.25, -0.2) is 8.42 Å². The predicted molar refractivity (Wildman–Crippen MR) is 149 cm³/mol. The summed E-state index contributed by atoms with van der Waals surface area (Å²) < 4.78 is 33.8. The molecular formula is C27H29Cl2N3O5S. The van der Waals surface area contributed by atoms with E-state index in [1.165, 1.54) is 49.4 Å². The minimum Gasteiger partial charge on any atom is -0.497 e. The Bertz CT molecular complexity index is 1390. The fourth-order valence-corrected chi connectivity index (χ4v) is 5.85. The molecular weight excluding hydrogens is 549 g/mol. The lowest BCUT2D eigenvalue weighted by molar-refractivity contribution is -0.140. The fourth-order valence-electron chi connectivity index (χ4n) is 3.96. The Morgan fingerprint density at radius 2 is 1.71 bits per heavy atom. The van der Waals surface area contributed by atoms with Gasteiger partial charge in [0.05, 0.1) is 22.7 Å². The van der Waals surface area contributed by atoms with E-state index < -0.39 is 28.5 Å². The minimum absolute atomic E-state index is 0.0264. The Hall–Kier alpha value is -3.27. The average molecular weight is 579 g/mol.